The van der Waals surface area contributed by atoms with Crippen LogP contribution in [0.25, 0.3) is 11.3 Å². The van der Waals surface area contributed by atoms with Gasteiger partial charge < -0.3 is 14.8 Å². The zero-order valence-corrected chi connectivity index (χ0v) is 16.2. The number of carbonyl (C=O) groups excluding carboxylic acids is 1. The van der Waals surface area contributed by atoms with Crippen molar-refractivity contribution in [1.82, 2.24) is 15.1 Å². The average Bonchev–Trinajstić information content (AvgIpc) is 3.15. The van der Waals surface area contributed by atoms with Crippen LogP contribution in [0.3, 0.4) is 0 Å². The lowest BCUT2D eigenvalue weighted by molar-refractivity contribution is 0.0949. The Kier molecular flexibility index (Phi) is 6.81. The molecule has 1 aromatic heterocycles. The molecule has 28 heavy (non-hydrogen) atoms. The first-order chi connectivity index (χ1) is 13.7. The lowest BCUT2D eigenvalue weighted by Crippen LogP contribution is -2.25. The molecule has 1 heterocycles. The first kappa shape index (κ1) is 19.6. The molecule has 0 bridgehead atoms. The van der Waals surface area contributed by atoms with E-state index in [0.29, 0.717) is 36.7 Å². The third kappa shape index (κ3) is 4.78. The fourth-order valence-corrected chi connectivity index (χ4v) is 2.99. The van der Waals surface area contributed by atoms with Gasteiger partial charge in [-0.1, -0.05) is 42.5 Å². The van der Waals surface area contributed by atoms with E-state index in [0.717, 1.165) is 17.5 Å². The summed E-state index contributed by atoms with van der Waals surface area (Å²) in [4.78, 5) is 12.8. The number of para-hydroxylation sites is 1. The van der Waals surface area contributed by atoms with Crippen molar-refractivity contribution in [3.8, 4) is 17.0 Å². The van der Waals surface area contributed by atoms with Crippen molar-refractivity contribution in [2.75, 3.05) is 27.4 Å². The third-order valence-corrected chi connectivity index (χ3v) is 4.37. The van der Waals surface area contributed by atoms with E-state index < -0.39 is 0 Å². The molecular formula is C22H25N3O3. The fourth-order valence-electron chi connectivity index (χ4n) is 2.99. The number of nitrogens with one attached hydrogen (secondary N) is 1. The van der Waals surface area contributed by atoms with E-state index in [1.807, 2.05) is 54.6 Å². The maximum Gasteiger partial charge on any atom is 0.255 e. The second-order valence-corrected chi connectivity index (χ2v) is 6.38. The van der Waals surface area contributed by atoms with Gasteiger partial charge in [0.05, 0.1) is 19.2 Å². The van der Waals surface area contributed by atoms with Crippen LogP contribution in [0.15, 0.2) is 60.8 Å². The Labute approximate surface area is 165 Å². The van der Waals surface area contributed by atoms with Gasteiger partial charge in [0, 0.05) is 32.0 Å². The van der Waals surface area contributed by atoms with Gasteiger partial charge in [-0.15, -0.1) is 0 Å². The molecule has 6 nitrogen and oxygen atoms in total. The van der Waals surface area contributed by atoms with Crippen molar-refractivity contribution in [1.29, 1.82) is 0 Å². The molecule has 2 aromatic carbocycles. The van der Waals surface area contributed by atoms with Crippen LogP contribution in [0, 0.1) is 0 Å². The molecule has 0 fully saturated rings. The summed E-state index contributed by atoms with van der Waals surface area (Å²) in [6, 6.07) is 17.6. The lowest BCUT2D eigenvalue weighted by Gasteiger charge is -2.08. The number of carbonyl (C=O) groups is 1. The minimum atomic E-state index is -0.156. The number of benzene rings is 2. The van der Waals surface area contributed by atoms with E-state index >= 15 is 0 Å². The van der Waals surface area contributed by atoms with Crippen molar-refractivity contribution >= 4 is 5.91 Å². The van der Waals surface area contributed by atoms with Gasteiger partial charge in [-0.05, 0) is 24.1 Å². The van der Waals surface area contributed by atoms with Gasteiger partial charge in [0.1, 0.15) is 11.4 Å². The molecule has 146 valence electrons. The Morgan fingerprint density at radius 1 is 1.07 bits per heavy atom. The molecule has 0 saturated carbocycles. The van der Waals surface area contributed by atoms with E-state index in [1.54, 1.807) is 25.1 Å². The molecule has 0 saturated heterocycles. The predicted octanol–water partition coefficient (Wildman–Crippen LogP) is 3.37. The largest absolute Gasteiger partial charge is 0.496 e. The van der Waals surface area contributed by atoms with Crippen LogP contribution < -0.4 is 10.1 Å². The Morgan fingerprint density at radius 3 is 2.57 bits per heavy atom. The van der Waals surface area contributed by atoms with Crippen molar-refractivity contribution in [3.05, 3.63) is 71.9 Å². The van der Waals surface area contributed by atoms with Crippen LogP contribution in [0.5, 0.6) is 5.75 Å². The highest BCUT2D eigenvalue weighted by Gasteiger charge is 2.20. The molecule has 0 aliphatic carbocycles. The summed E-state index contributed by atoms with van der Waals surface area (Å²) < 4.78 is 12.3. The maximum absolute atomic E-state index is 12.8. The molecule has 0 radical (unpaired) electrons. The van der Waals surface area contributed by atoms with Crippen LogP contribution in [-0.2, 0) is 11.3 Å². The monoisotopic (exact) mass is 379 g/mol. The average molecular weight is 379 g/mol. The van der Waals surface area contributed by atoms with E-state index in [9.17, 15) is 4.79 Å². The summed E-state index contributed by atoms with van der Waals surface area (Å²) in [7, 11) is 3.26. The number of methoxy groups -OCH3 is 2. The molecule has 0 atom stereocenters. The van der Waals surface area contributed by atoms with Crippen LogP contribution in [-0.4, -0.2) is 43.1 Å². The highest BCUT2D eigenvalue weighted by Crippen LogP contribution is 2.31. The first-order valence-corrected chi connectivity index (χ1v) is 9.25. The van der Waals surface area contributed by atoms with Crippen molar-refractivity contribution < 1.29 is 14.3 Å². The molecule has 1 amide bonds. The van der Waals surface area contributed by atoms with E-state index in [-0.39, 0.29) is 5.91 Å². The molecule has 0 unspecified atom stereocenters. The lowest BCUT2D eigenvalue weighted by atomic mass is 10.1. The topological polar surface area (TPSA) is 65.4 Å². The van der Waals surface area contributed by atoms with Gasteiger partial charge in [0.2, 0.25) is 0 Å². The second-order valence-electron chi connectivity index (χ2n) is 6.38. The summed E-state index contributed by atoms with van der Waals surface area (Å²) in [5, 5.41) is 7.65. The highest BCUT2D eigenvalue weighted by molar-refractivity contribution is 6.00. The minimum Gasteiger partial charge on any atom is -0.496 e. The summed E-state index contributed by atoms with van der Waals surface area (Å²) >= 11 is 0. The number of nitrogens with zero attached hydrogens (tertiary/aromatic N) is 2. The van der Waals surface area contributed by atoms with Gasteiger partial charge in [0.25, 0.3) is 5.91 Å². The van der Waals surface area contributed by atoms with E-state index in [1.165, 1.54) is 0 Å². The quantitative estimate of drug-likeness (QED) is 0.579. The van der Waals surface area contributed by atoms with Gasteiger partial charge in [-0.3, -0.25) is 9.48 Å². The number of rotatable bonds is 9. The van der Waals surface area contributed by atoms with Crippen molar-refractivity contribution in [2.45, 2.75) is 13.0 Å². The highest BCUT2D eigenvalue weighted by atomic mass is 16.5. The zero-order valence-electron chi connectivity index (χ0n) is 16.2. The predicted molar refractivity (Wildman–Crippen MR) is 109 cm³/mol. The van der Waals surface area contributed by atoms with Gasteiger partial charge >= 0.3 is 0 Å². The number of hydrogen-bond donors (Lipinski definition) is 1. The third-order valence-electron chi connectivity index (χ3n) is 4.37. The van der Waals surface area contributed by atoms with E-state index in [4.69, 9.17) is 14.6 Å². The molecule has 0 aliphatic heterocycles. The molecule has 3 aromatic rings. The molecule has 1 N–H and O–H groups in total. The Bertz CT molecular complexity index is 906. The Morgan fingerprint density at radius 2 is 1.82 bits per heavy atom. The van der Waals surface area contributed by atoms with E-state index in [2.05, 4.69) is 5.32 Å². The summed E-state index contributed by atoms with van der Waals surface area (Å²) in [5.41, 5.74) is 3.04. The number of aromatic nitrogens is 2. The molecule has 0 spiro atoms. The summed E-state index contributed by atoms with van der Waals surface area (Å²) in [5.74, 6) is 0.525. The maximum atomic E-state index is 12.8. The Hall–Kier alpha value is -3.12. The summed E-state index contributed by atoms with van der Waals surface area (Å²) in [6.45, 7) is 1.73. The minimum absolute atomic E-state index is 0.156. The van der Waals surface area contributed by atoms with Crippen LogP contribution in [0.2, 0.25) is 0 Å². The number of hydrogen-bond acceptors (Lipinski definition) is 4. The molecule has 0 aliphatic rings. The van der Waals surface area contributed by atoms with Gasteiger partial charge in [-0.2, -0.15) is 5.10 Å². The van der Waals surface area contributed by atoms with Crippen LogP contribution in [0.4, 0.5) is 0 Å². The fraction of sp³-hybridized carbons (Fsp3) is 0.273. The number of amides is 1. The van der Waals surface area contributed by atoms with Crippen LogP contribution in [0.1, 0.15) is 22.3 Å². The van der Waals surface area contributed by atoms with Crippen LogP contribution >= 0.6 is 0 Å². The molecule has 3 rings (SSSR count). The van der Waals surface area contributed by atoms with Crippen molar-refractivity contribution in [2.24, 2.45) is 0 Å². The standard InChI is InChI=1S/C22H25N3O3/c1-27-14-8-13-23-22(26)19-16-25(15-17-9-4-3-5-10-17)24-21(19)18-11-6-7-12-20(18)28-2/h3-7,9-12,16H,8,13-15H2,1-2H3,(H,23,26). The van der Waals surface area contributed by atoms with Gasteiger partial charge in [0.15, 0.2) is 0 Å². The zero-order chi connectivity index (χ0) is 19.8. The smallest absolute Gasteiger partial charge is 0.255 e. The summed E-state index contributed by atoms with van der Waals surface area (Å²) in [6.07, 6.45) is 2.55. The number of ether oxygens (including phenoxy) is 2. The molecular weight excluding hydrogens is 354 g/mol. The Balaban J connectivity index is 1.92. The van der Waals surface area contributed by atoms with Gasteiger partial charge in [-0.25, -0.2) is 0 Å². The van der Waals surface area contributed by atoms with Crippen molar-refractivity contribution in [3.63, 3.8) is 0 Å². The normalized spacial score (nSPS) is 10.6. The second kappa shape index (κ2) is 9.71. The first-order valence-electron chi connectivity index (χ1n) is 9.25. The molecule has 6 heteroatoms. The SMILES string of the molecule is COCCCNC(=O)c1cn(Cc2ccccc2)nc1-c1ccccc1OC.